The largest absolute Gasteiger partial charge is 0.394 e. The van der Waals surface area contributed by atoms with Crippen LogP contribution in [0.25, 0.3) is 0 Å². The number of carbonyl (C=O) groups is 1. The van der Waals surface area contributed by atoms with Crippen LogP contribution in [0.3, 0.4) is 0 Å². The average molecular weight is 942 g/mol. The maximum atomic E-state index is 13.0. The van der Waals surface area contributed by atoms with Gasteiger partial charge in [-0.25, -0.2) is 0 Å². The molecule has 9 heteroatoms. The third-order valence-corrected chi connectivity index (χ3v) is 12.7. The molecule has 1 heterocycles. The van der Waals surface area contributed by atoms with Gasteiger partial charge >= 0.3 is 0 Å². The fourth-order valence-corrected chi connectivity index (χ4v) is 8.31. The lowest BCUT2D eigenvalue weighted by Gasteiger charge is -2.40. The number of rotatable bonds is 46. The van der Waals surface area contributed by atoms with E-state index >= 15 is 0 Å². The van der Waals surface area contributed by atoms with Crippen molar-refractivity contribution in [1.29, 1.82) is 0 Å². The lowest BCUT2D eigenvalue weighted by atomic mass is 9.99. The van der Waals surface area contributed by atoms with Crippen molar-refractivity contribution < 1.29 is 39.8 Å². The fourth-order valence-electron chi connectivity index (χ4n) is 8.31. The molecule has 388 valence electrons. The Kier molecular flexibility index (Phi) is 44.2. The van der Waals surface area contributed by atoms with Crippen LogP contribution >= 0.6 is 0 Å². The molecule has 0 aromatic rings. The Hall–Kier alpha value is -2.37. The van der Waals surface area contributed by atoms with E-state index in [9.17, 15) is 30.3 Å². The molecule has 1 aliphatic heterocycles. The SMILES string of the molecule is CCCCCCC/C=C\C/C=C\C/C=C\CCCCCCCCCCCCC(=O)NC(COC1OC(CO)C(O)C(O)C1O)C(O)/C=C/CC/C=C/CC/C=C/CCCCCCCCCCC. The monoisotopic (exact) mass is 942 g/mol. The fraction of sp³-hybridized carbons (Fsp3) is 0.776. The van der Waals surface area contributed by atoms with Gasteiger partial charge in [0.05, 0.1) is 25.4 Å². The number of hydrogen-bond acceptors (Lipinski definition) is 8. The van der Waals surface area contributed by atoms with Crippen molar-refractivity contribution in [2.75, 3.05) is 13.2 Å². The van der Waals surface area contributed by atoms with E-state index in [-0.39, 0.29) is 12.5 Å². The summed E-state index contributed by atoms with van der Waals surface area (Å²) in [5.74, 6) is -0.196. The van der Waals surface area contributed by atoms with Crippen LogP contribution in [0.1, 0.15) is 232 Å². The van der Waals surface area contributed by atoms with Gasteiger partial charge in [-0.2, -0.15) is 0 Å². The van der Waals surface area contributed by atoms with Gasteiger partial charge in [0.15, 0.2) is 6.29 Å². The summed E-state index contributed by atoms with van der Waals surface area (Å²) in [6.45, 7) is 3.74. The molecule has 7 unspecified atom stereocenters. The Morgan fingerprint density at radius 2 is 0.896 bits per heavy atom. The third kappa shape index (κ3) is 37.2. The van der Waals surface area contributed by atoms with E-state index in [1.165, 1.54) is 135 Å². The molecule has 7 atom stereocenters. The summed E-state index contributed by atoms with van der Waals surface area (Å²) in [7, 11) is 0. The zero-order chi connectivity index (χ0) is 48.7. The molecule has 0 saturated carbocycles. The molecule has 0 aromatic heterocycles. The molecule has 0 aliphatic carbocycles. The van der Waals surface area contributed by atoms with Crippen LogP contribution in [0.15, 0.2) is 72.9 Å². The summed E-state index contributed by atoms with van der Waals surface area (Å²) >= 11 is 0. The minimum atomic E-state index is -1.58. The molecule has 0 radical (unpaired) electrons. The van der Waals surface area contributed by atoms with Crippen LogP contribution in [-0.2, 0) is 14.3 Å². The zero-order valence-corrected chi connectivity index (χ0v) is 42.9. The second-order valence-electron chi connectivity index (χ2n) is 19.0. The molecule has 1 rings (SSSR count). The molecule has 6 N–H and O–H groups in total. The van der Waals surface area contributed by atoms with Crippen LogP contribution in [0, 0.1) is 0 Å². The van der Waals surface area contributed by atoms with Gasteiger partial charge in [-0.15, -0.1) is 0 Å². The first kappa shape index (κ1) is 62.6. The smallest absolute Gasteiger partial charge is 0.220 e. The first-order valence-corrected chi connectivity index (χ1v) is 27.7. The molecule has 1 fully saturated rings. The number of unbranched alkanes of at least 4 members (excludes halogenated alkanes) is 26. The molecule has 0 aromatic carbocycles. The summed E-state index contributed by atoms with van der Waals surface area (Å²) in [5, 5.41) is 54.4. The predicted octanol–water partition coefficient (Wildman–Crippen LogP) is 13.3. The van der Waals surface area contributed by atoms with Gasteiger partial charge in [0, 0.05) is 6.42 Å². The molecular weight excluding hydrogens is 839 g/mol. The van der Waals surface area contributed by atoms with Gasteiger partial charge in [-0.1, -0.05) is 215 Å². The Bertz CT molecular complexity index is 1280. The quantitative estimate of drug-likeness (QED) is 0.0261. The summed E-state index contributed by atoms with van der Waals surface area (Å²) in [5.41, 5.74) is 0. The molecule has 9 nitrogen and oxygen atoms in total. The summed E-state index contributed by atoms with van der Waals surface area (Å²) in [6.07, 6.45) is 58.1. The van der Waals surface area contributed by atoms with Gasteiger partial charge in [-0.05, 0) is 83.5 Å². The zero-order valence-electron chi connectivity index (χ0n) is 42.9. The van der Waals surface area contributed by atoms with Crippen LogP contribution in [0.5, 0.6) is 0 Å². The first-order chi connectivity index (χ1) is 32.8. The molecule has 67 heavy (non-hydrogen) atoms. The van der Waals surface area contributed by atoms with E-state index in [4.69, 9.17) is 9.47 Å². The molecule has 1 saturated heterocycles. The second-order valence-corrected chi connectivity index (χ2v) is 19.0. The Labute approximate surface area is 410 Å². The number of hydrogen-bond donors (Lipinski definition) is 6. The normalized spacial score (nSPS) is 20.3. The van der Waals surface area contributed by atoms with Crippen LogP contribution in [0.2, 0.25) is 0 Å². The van der Waals surface area contributed by atoms with E-state index in [1.54, 1.807) is 6.08 Å². The minimum absolute atomic E-state index is 0.196. The van der Waals surface area contributed by atoms with Gasteiger partial charge < -0.3 is 40.3 Å². The number of aliphatic hydroxyl groups excluding tert-OH is 5. The molecular formula is C58H103NO8. The number of aliphatic hydroxyl groups is 5. The summed E-state index contributed by atoms with van der Waals surface area (Å²) in [6, 6.07) is -0.834. The Morgan fingerprint density at radius 1 is 0.507 bits per heavy atom. The lowest BCUT2D eigenvalue weighted by molar-refractivity contribution is -0.302. The molecule has 1 amide bonds. The molecule has 1 aliphatic rings. The highest BCUT2D eigenvalue weighted by atomic mass is 16.7. The number of carbonyl (C=O) groups excluding carboxylic acids is 1. The van der Waals surface area contributed by atoms with E-state index in [1.807, 2.05) is 6.08 Å². The predicted molar refractivity (Wildman–Crippen MR) is 281 cm³/mol. The van der Waals surface area contributed by atoms with Crippen molar-refractivity contribution in [3.63, 3.8) is 0 Å². The lowest BCUT2D eigenvalue weighted by Crippen LogP contribution is -2.60. The highest BCUT2D eigenvalue weighted by Crippen LogP contribution is 2.23. The van der Waals surface area contributed by atoms with Crippen molar-refractivity contribution in [1.82, 2.24) is 5.32 Å². The number of ether oxygens (including phenoxy) is 2. The first-order valence-electron chi connectivity index (χ1n) is 27.7. The van der Waals surface area contributed by atoms with Crippen molar-refractivity contribution in [3.8, 4) is 0 Å². The van der Waals surface area contributed by atoms with Crippen LogP contribution in [-0.4, -0.2) is 87.5 Å². The standard InChI is InChI=1S/C58H103NO8/c1-3-5-7-9-11-13-15-17-19-21-23-24-25-26-27-28-30-32-34-36-38-40-42-44-46-48-54(62)59-51(50-66-58-57(65)56(64)55(63)53(49-60)67-58)52(61)47-45-43-41-39-37-35-33-31-29-22-20-18-16-14-12-10-8-6-4-2/h15,17,21,23,25-26,29,31,37,39,45,47,51-53,55-58,60-61,63-65H,3-14,16,18-20,22,24,27-28,30,32-36,38,40-44,46,48-50H2,1-2H3,(H,59,62)/b17-15-,23-21-,26-25-,31-29+,39-37+,47-45+. The number of allylic oxidation sites excluding steroid dienone is 11. The van der Waals surface area contributed by atoms with E-state index in [0.717, 1.165) is 77.0 Å². The molecule has 0 bridgehead atoms. The average Bonchev–Trinajstić information content (AvgIpc) is 3.33. The highest BCUT2D eigenvalue weighted by Gasteiger charge is 2.44. The maximum absolute atomic E-state index is 13.0. The van der Waals surface area contributed by atoms with E-state index in [2.05, 4.69) is 79.9 Å². The van der Waals surface area contributed by atoms with Gasteiger partial charge in [0.2, 0.25) is 5.91 Å². The van der Waals surface area contributed by atoms with Crippen LogP contribution in [0.4, 0.5) is 0 Å². The third-order valence-electron chi connectivity index (χ3n) is 12.7. The van der Waals surface area contributed by atoms with Crippen molar-refractivity contribution >= 4 is 5.91 Å². The van der Waals surface area contributed by atoms with E-state index < -0.39 is 49.5 Å². The highest BCUT2D eigenvalue weighted by molar-refractivity contribution is 5.76. The van der Waals surface area contributed by atoms with Gasteiger partial charge in [0.1, 0.15) is 24.4 Å². The van der Waals surface area contributed by atoms with Crippen LogP contribution < -0.4 is 5.32 Å². The number of amides is 1. The summed E-state index contributed by atoms with van der Waals surface area (Å²) < 4.78 is 11.2. The van der Waals surface area contributed by atoms with Crippen molar-refractivity contribution in [2.24, 2.45) is 0 Å². The molecule has 0 spiro atoms. The topological polar surface area (TPSA) is 149 Å². The maximum Gasteiger partial charge on any atom is 0.220 e. The summed E-state index contributed by atoms with van der Waals surface area (Å²) in [4.78, 5) is 13.0. The minimum Gasteiger partial charge on any atom is -0.394 e. The van der Waals surface area contributed by atoms with Crippen molar-refractivity contribution in [3.05, 3.63) is 72.9 Å². The second kappa shape index (κ2) is 47.3. The Morgan fingerprint density at radius 3 is 1.36 bits per heavy atom. The Balaban J connectivity index is 2.29. The van der Waals surface area contributed by atoms with Gasteiger partial charge in [0.25, 0.3) is 0 Å². The van der Waals surface area contributed by atoms with E-state index in [0.29, 0.717) is 6.42 Å². The number of nitrogens with one attached hydrogen (secondary N) is 1. The van der Waals surface area contributed by atoms with Gasteiger partial charge in [-0.3, -0.25) is 4.79 Å². The van der Waals surface area contributed by atoms with Crippen molar-refractivity contribution in [2.45, 2.75) is 275 Å².